The Kier molecular flexibility index (Phi) is 5.95. The molecule has 0 amide bonds. The van der Waals surface area contributed by atoms with Crippen molar-refractivity contribution in [3.63, 3.8) is 0 Å². The normalized spacial score (nSPS) is 20.7. The molecule has 0 N–H and O–H groups in total. The first-order chi connectivity index (χ1) is 15.4. The molecule has 0 saturated heterocycles. The van der Waals surface area contributed by atoms with E-state index in [9.17, 15) is 0 Å². The molecule has 0 aromatic heterocycles. The first-order valence-corrected chi connectivity index (χ1v) is 11.0. The van der Waals surface area contributed by atoms with E-state index in [1.165, 1.54) is 16.7 Å². The number of rotatable bonds is 5. The Bertz CT molecular complexity index is 1160. The van der Waals surface area contributed by atoms with E-state index in [0.29, 0.717) is 0 Å². The van der Waals surface area contributed by atoms with Crippen molar-refractivity contribution >= 4 is 10.8 Å². The molecular formula is C27H33NO4. The predicted molar refractivity (Wildman–Crippen MR) is 129 cm³/mol. The molecule has 1 aliphatic rings. The maximum atomic E-state index is 5.83. The minimum Gasteiger partial charge on any atom is -0.497 e. The second-order valence-electron chi connectivity index (χ2n) is 8.64. The van der Waals surface area contributed by atoms with Gasteiger partial charge in [-0.2, -0.15) is 0 Å². The average molecular weight is 436 g/mol. The third-order valence-corrected chi connectivity index (χ3v) is 7.08. The molecule has 32 heavy (non-hydrogen) atoms. The van der Waals surface area contributed by atoms with Gasteiger partial charge >= 0.3 is 0 Å². The Morgan fingerprint density at radius 1 is 0.750 bits per heavy atom. The quantitative estimate of drug-likeness (QED) is 0.513. The molecule has 3 unspecified atom stereocenters. The molecule has 0 fully saturated rings. The molecule has 0 bridgehead atoms. The van der Waals surface area contributed by atoms with Crippen LogP contribution in [0.3, 0.4) is 0 Å². The summed E-state index contributed by atoms with van der Waals surface area (Å²) in [6, 6.07) is 13.2. The predicted octanol–water partition coefficient (Wildman–Crippen LogP) is 5.71. The van der Waals surface area contributed by atoms with E-state index in [1.54, 1.807) is 28.4 Å². The second-order valence-corrected chi connectivity index (χ2v) is 8.64. The van der Waals surface area contributed by atoms with Gasteiger partial charge in [0.2, 0.25) is 0 Å². The van der Waals surface area contributed by atoms with Crippen molar-refractivity contribution in [1.82, 2.24) is 4.90 Å². The maximum absolute atomic E-state index is 5.83. The van der Waals surface area contributed by atoms with Crippen LogP contribution < -0.4 is 18.9 Å². The Hall–Kier alpha value is -2.92. The van der Waals surface area contributed by atoms with E-state index in [0.717, 1.165) is 39.3 Å². The largest absolute Gasteiger partial charge is 0.497 e. The molecular weight excluding hydrogens is 402 g/mol. The SMILES string of the molecule is COc1cc(OC)c2c(c1)C(c1ccc(OC)c3c(OC)cc(C)cc13)C(C)N(C)C2C. The zero-order chi connectivity index (χ0) is 23.2. The van der Waals surface area contributed by atoms with Gasteiger partial charge in [-0.05, 0) is 68.1 Å². The van der Waals surface area contributed by atoms with E-state index in [4.69, 9.17) is 18.9 Å². The van der Waals surface area contributed by atoms with Crippen LogP contribution in [0, 0.1) is 6.92 Å². The molecule has 3 atom stereocenters. The summed E-state index contributed by atoms with van der Waals surface area (Å²) < 4.78 is 23.0. The first-order valence-electron chi connectivity index (χ1n) is 11.0. The van der Waals surface area contributed by atoms with E-state index in [-0.39, 0.29) is 18.0 Å². The van der Waals surface area contributed by atoms with Crippen molar-refractivity contribution in [2.45, 2.75) is 38.8 Å². The van der Waals surface area contributed by atoms with Gasteiger partial charge in [-0.25, -0.2) is 0 Å². The third-order valence-electron chi connectivity index (χ3n) is 7.08. The van der Waals surface area contributed by atoms with Crippen molar-refractivity contribution in [3.05, 3.63) is 58.7 Å². The topological polar surface area (TPSA) is 40.2 Å². The Morgan fingerprint density at radius 2 is 1.44 bits per heavy atom. The molecule has 0 saturated carbocycles. The monoisotopic (exact) mass is 435 g/mol. The minimum absolute atomic E-state index is 0.120. The van der Waals surface area contributed by atoms with Crippen molar-refractivity contribution < 1.29 is 18.9 Å². The zero-order valence-corrected chi connectivity index (χ0v) is 20.3. The first kappa shape index (κ1) is 22.3. The summed E-state index contributed by atoms with van der Waals surface area (Å²) in [5.74, 6) is 3.43. The Balaban J connectivity index is 2.08. The summed E-state index contributed by atoms with van der Waals surface area (Å²) in [7, 11) is 9.04. The highest BCUT2D eigenvalue weighted by molar-refractivity contribution is 5.97. The van der Waals surface area contributed by atoms with Gasteiger partial charge in [0.1, 0.15) is 23.0 Å². The van der Waals surface area contributed by atoms with E-state index in [2.05, 4.69) is 63.1 Å². The van der Waals surface area contributed by atoms with Crippen LogP contribution >= 0.6 is 0 Å². The number of hydrogen-bond donors (Lipinski definition) is 0. The van der Waals surface area contributed by atoms with Crippen LogP contribution in [-0.2, 0) is 0 Å². The van der Waals surface area contributed by atoms with Gasteiger partial charge in [0.25, 0.3) is 0 Å². The average Bonchev–Trinajstić information content (AvgIpc) is 2.81. The fourth-order valence-corrected chi connectivity index (χ4v) is 5.27. The van der Waals surface area contributed by atoms with Crippen LogP contribution in [0.5, 0.6) is 23.0 Å². The van der Waals surface area contributed by atoms with Gasteiger partial charge in [0.15, 0.2) is 0 Å². The van der Waals surface area contributed by atoms with Gasteiger partial charge in [-0.3, -0.25) is 4.90 Å². The fraction of sp³-hybridized carbons (Fsp3) is 0.407. The standard InChI is InChI=1S/C27H33NO4/c1-15-11-20-19(9-10-22(30-6)27(20)23(12-15)31-7)25-16(2)28(4)17(3)26-21(25)13-18(29-5)14-24(26)32-8/h9-14,16-17,25H,1-8H3. The number of fused-ring (bicyclic) bond motifs is 2. The lowest BCUT2D eigenvalue weighted by Crippen LogP contribution is -2.41. The summed E-state index contributed by atoms with van der Waals surface area (Å²) in [4.78, 5) is 2.42. The van der Waals surface area contributed by atoms with Crippen LogP contribution in [0.1, 0.15) is 48.1 Å². The highest BCUT2D eigenvalue weighted by atomic mass is 16.5. The maximum Gasteiger partial charge on any atom is 0.130 e. The molecule has 3 aromatic carbocycles. The van der Waals surface area contributed by atoms with Gasteiger partial charge in [0.05, 0.1) is 33.8 Å². The van der Waals surface area contributed by atoms with E-state index in [1.807, 2.05) is 6.07 Å². The summed E-state index contributed by atoms with van der Waals surface area (Å²) >= 11 is 0. The lowest BCUT2D eigenvalue weighted by Gasteiger charge is -2.44. The lowest BCUT2D eigenvalue weighted by molar-refractivity contribution is 0.160. The molecule has 0 spiro atoms. The number of ether oxygens (including phenoxy) is 4. The number of methoxy groups -OCH3 is 4. The van der Waals surface area contributed by atoms with Crippen LogP contribution in [0.15, 0.2) is 36.4 Å². The van der Waals surface area contributed by atoms with Crippen molar-refractivity contribution in [2.75, 3.05) is 35.5 Å². The number of benzene rings is 3. The highest BCUT2D eigenvalue weighted by Gasteiger charge is 2.38. The van der Waals surface area contributed by atoms with Crippen LogP contribution in [0.25, 0.3) is 10.8 Å². The number of hydrogen-bond acceptors (Lipinski definition) is 5. The number of likely N-dealkylation sites (N-methyl/N-ethyl adjacent to an activating group) is 1. The van der Waals surface area contributed by atoms with Crippen LogP contribution in [0.2, 0.25) is 0 Å². The molecule has 3 aromatic rings. The van der Waals surface area contributed by atoms with Crippen molar-refractivity contribution in [3.8, 4) is 23.0 Å². The van der Waals surface area contributed by atoms with Crippen molar-refractivity contribution in [2.24, 2.45) is 0 Å². The fourth-order valence-electron chi connectivity index (χ4n) is 5.27. The van der Waals surface area contributed by atoms with E-state index < -0.39 is 0 Å². The minimum atomic E-state index is 0.120. The zero-order valence-electron chi connectivity index (χ0n) is 20.3. The van der Waals surface area contributed by atoms with Crippen LogP contribution in [0.4, 0.5) is 0 Å². The third kappa shape index (κ3) is 3.36. The molecule has 5 heteroatoms. The summed E-state index contributed by atoms with van der Waals surface area (Å²) in [6.45, 7) is 6.63. The summed E-state index contributed by atoms with van der Waals surface area (Å²) in [6.07, 6.45) is 0. The lowest BCUT2D eigenvalue weighted by atomic mass is 9.75. The highest BCUT2D eigenvalue weighted by Crippen LogP contribution is 2.50. The summed E-state index contributed by atoms with van der Waals surface area (Å²) in [5.41, 5.74) is 4.84. The molecule has 5 nitrogen and oxygen atoms in total. The molecule has 1 aliphatic heterocycles. The van der Waals surface area contributed by atoms with Gasteiger partial charge in [-0.15, -0.1) is 0 Å². The molecule has 0 radical (unpaired) electrons. The van der Waals surface area contributed by atoms with Gasteiger partial charge in [0, 0.05) is 29.6 Å². The van der Waals surface area contributed by atoms with Gasteiger partial charge < -0.3 is 18.9 Å². The number of nitrogens with zero attached hydrogens (tertiary/aromatic N) is 1. The van der Waals surface area contributed by atoms with E-state index >= 15 is 0 Å². The van der Waals surface area contributed by atoms with Crippen LogP contribution in [-0.4, -0.2) is 46.4 Å². The summed E-state index contributed by atoms with van der Waals surface area (Å²) in [5, 5.41) is 2.15. The van der Waals surface area contributed by atoms with Gasteiger partial charge in [-0.1, -0.05) is 12.1 Å². The molecule has 1 heterocycles. The van der Waals surface area contributed by atoms with Crippen molar-refractivity contribution in [1.29, 1.82) is 0 Å². The number of aryl methyl sites for hydroxylation is 1. The molecule has 0 aliphatic carbocycles. The Labute approximate surface area is 190 Å². The molecule has 4 rings (SSSR count). The smallest absolute Gasteiger partial charge is 0.130 e. The molecule has 170 valence electrons. The second kappa shape index (κ2) is 8.55. The Morgan fingerprint density at radius 3 is 2.06 bits per heavy atom.